The maximum Gasteiger partial charge on any atom is 0.334 e. The Balaban J connectivity index is 1.58. The quantitative estimate of drug-likeness (QED) is 0.467. The summed E-state index contributed by atoms with van der Waals surface area (Å²) < 4.78 is 33.9. The molecule has 2 heterocycles. The third kappa shape index (κ3) is 4.03. The number of pyridine rings is 1. The van der Waals surface area contributed by atoms with E-state index in [2.05, 4.69) is 15.3 Å². The number of hydrogen-bond acceptors (Lipinski definition) is 5. The summed E-state index contributed by atoms with van der Waals surface area (Å²) in [6, 6.07) is 8.64. The van der Waals surface area contributed by atoms with E-state index < -0.39 is 23.0 Å². The van der Waals surface area contributed by atoms with Crippen molar-refractivity contribution in [3.63, 3.8) is 0 Å². The second-order valence-corrected chi connectivity index (χ2v) is 7.63. The van der Waals surface area contributed by atoms with Gasteiger partial charge in [0, 0.05) is 19.3 Å². The number of carbonyl (C=O) groups excluding carboxylic acids is 1. The average molecular weight is 427 g/mol. The van der Waals surface area contributed by atoms with Gasteiger partial charge in [-0.05, 0) is 46.0 Å². The van der Waals surface area contributed by atoms with Gasteiger partial charge in [0.15, 0.2) is 11.9 Å². The Hall–Kier alpha value is -3.62. The second kappa shape index (κ2) is 7.90. The minimum atomic E-state index is -0.760. The van der Waals surface area contributed by atoms with Crippen molar-refractivity contribution in [2.24, 2.45) is 5.92 Å². The molecule has 160 valence electrons. The molecule has 7 nitrogen and oxygen atoms in total. The highest BCUT2D eigenvalue weighted by molar-refractivity contribution is 5.95. The number of halogens is 2. The zero-order valence-corrected chi connectivity index (χ0v) is 17.0. The van der Waals surface area contributed by atoms with Gasteiger partial charge in [0.05, 0.1) is 18.7 Å². The van der Waals surface area contributed by atoms with Gasteiger partial charge >= 0.3 is 5.82 Å². The zero-order valence-electron chi connectivity index (χ0n) is 17.0. The minimum absolute atomic E-state index is 0.0803. The van der Waals surface area contributed by atoms with Gasteiger partial charge in [0.25, 0.3) is 0 Å². The van der Waals surface area contributed by atoms with E-state index in [-0.39, 0.29) is 18.3 Å². The normalized spacial score (nSPS) is 19.7. The Kier molecular flexibility index (Phi) is 5.26. The van der Waals surface area contributed by atoms with Gasteiger partial charge < -0.3 is 15.3 Å². The Morgan fingerprint density at radius 1 is 1.23 bits per heavy atom. The van der Waals surface area contributed by atoms with Gasteiger partial charge in [0.1, 0.15) is 17.5 Å². The molecule has 0 bridgehead atoms. The van der Waals surface area contributed by atoms with Crippen molar-refractivity contribution < 1.29 is 28.2 Å². The molecule has 1 saturated carbocycles. The van der Waals surface area contributed by atoms with Crippen LogP contribution in [0.25, 0.3) is 0 Å². The van der Waals surface area contributed by atoms with E-state index in [9.17, 15) is 18.8 Å². The highest BCUT2D eigenvalue weighted by Crippen LogP contribution is 2.55. The lowest BCUT2D eigenvalue weighted by Crippen LogP contribution is -2.39. The van der Waals surface area contributed by atoms with E-state index in [4.69, 9.17) is 4.74 Å². The molecule has 0 spiro atoms. The molecule has 4 rings (SSSR count). The van der Waals surface area contributed by atoms with Crippen LogP contribution in [0.4, 0.5) is 14.6 Å². The fourth-order valence-corrected chi connectivity index (χ4v) is 3.67. The van der Waals surface area contributed by atoms with Gasteiger partial charge in [-0.2, -0.15) is 0 Å². The third-order valence-electron chi connectivity index (χ3n) is 5.60. The number of aromatic nitrogens is 3. The van der Waals surface area contributed by atoms with Crippen LogP contribution in [-0.4, -0.2) is 27.7 Å². The van der Waals surface area contributed by atoms with Crippen LogP contribution >= 0.6 is 0 Å². The lowest BCUT2D eigenvalue weighted by Gasteiger charge is -2.19. The smallest absolute Gasteiger partial charge is 0.334 e. The molecule has 31 heavy (non-hydrogen) atoms. The van der Waals surface area contributed by atoms with Gasteiger partial charge in [-0.25, -0.2) is 13.8 Å². The molecular weight excluding hydrogens is 406 g/mol. The monoisotopic (exact) mass is 427 g/mol. The molecule has 9 heteroatoms. The first kappa shape index (κ1) is 20.6. The first-order valence-corrected chi connectivity index (χ1v) is 9.69. The molecule has 1 fully saturated rings. The van der Waals surface area contributed by atoms with E-state index in [1.54, 1.807) is 26.0 Å². The predicted molar refractivity (Wildman–Crippen MR) is 106 cm³/mol. The summed E-state index contributed by atoms with van der Waals surface area (Å²) in [6.45, 7) is 3.41. The molecule has 3 aromatic rings. The number of hydrogen-bond donors (Lipinski definition) is 2. The number of amides is 1. The molecule has 2 aromatic heterocycles. The summed E-state index contributed by atoms with van der Waals surface area (Å²) in [7, 11) is 0. The number of nitrogens with zero attached hydrogens (tertiary/aromatic N) is 3. The SMILES string of the molecule is Cc1ncc(OC[C@@]2(c3cccc(F)c3)C[C@H]2C(=O)Nc2ccc(F)cn2)c(C)[n+]1O. The number of benzene rings is 1. The van der Waals surface area contributed by atoms with Gasteiger partial charge in [-0.15, -0.1) is 0 Å². The Morgan fingerprint density at radius 2 is 2.03 bits per heavy atom. The standard InChI is InChI=1S/C22H20F2N4O3/c1-13-19(11-25-14(2)28(13)30)31-12-22(15-4-3-5-16(23)8-15)9-18(22)21(29)27-20-7-6-17(24)10-26-20/h3-8,10-11,18H,9,12H2,1-2H3,(H-,26,27,29,30)/p+1/t18-,22+/m0/s1. The Labute approximate surface area is 177 Å². The van der Waals surface area contributed by atoms with Crippen LogP contribution in [0.5, 0.6) is 5.75 Å². The van der Waals surface area contributed by atoms with Crippen molar-refractivity contribution in [3.05, 3.63) is 77.5 Å². The maximum absolute atomic E-state index is 13.9. The first-order valence-electron chi connectivity index (χ1n) is 9.69. The lowest BCUT2D eigenvalue weighted by molar-refractivity contribution is -0.914. The van der Waals surface area contributed by atoms with Crippen LogP contribution in [0.1, 0.15) is 23.5 Å². The molecule has 1 aliphatic rings. The van der Waals surface area contributed by atoms with Crippen molar-refractivity contribution in [1.29, 1.82) is 0 Å². The van der Waals surface area contributed by atoms with Crippen molar-refractivity contribution in [3.8, 4) is 5.75 Å². The number of rotatable bonds is 6. The predicted octanol–water partition coefficient (Wildman–Crippen LogP) is 2.87. The van der Waals surface area contributed by atoms with Gasteiger partial charge in [-0.3, -0.25) is 4.79 Å². The van der Waals surface area contributed by atoms with Crippen LogP contribution in [0.15, 0.2) is 48.8 Å². The average Bonchev–Trinajstić information content (AvgIpc) is 3.49. The molecule has 1 aliphatic carbocycles. The molecule has 2 N–H and O–H groups in total. The molecular formula is C22H21F2N4O3+. The Morgan fingerprint density at radius 3 is 2.74 bits per heavy atom. The van der Waals surface area contributed by atoms with Gasteiger partial charge in [-0.1, -0.05) is 12.1 Å². The van der Waals surface area contributed by atoms with E-state index in [1.165, 1.54) is 30.5 Å². The number of carbonyl (C=O) groups is 1. The van der Waals surface area contributed by atoms with Gasteiger partial charge in [0.2, 0.25) is 11.7 Å². The number of aryl methyl sites for hydroxylation is 1. The molecule has 1 aromatic carbocycles. The number of anilines is 1. The lowest BCUT2D eigenvalue weighted by atomic mass is 9.93. The molecule has 1 amide bonds. The maximum atomic E-state index is 13.9. The van der Waals surface area contributed by atoms with Crippen LogP contribution in [0.3, 0.4) is 0 Å². The molecule has 2 atom stereocenters. The van der Waals surface area contributed by atoms with Crippen molar-refractivity contribution in [2.45, 2.75) is 25.7 Å². The summed E-state index contributed by atoms with van der Waals surface area (Å²) in [5.74, 6) is -0.744. The molecule has 0 radical (unpaired) electrons. The topological polar surface area (TPSA) is 88.2 Å². The van der Waals surface area contributed by atoms with Crippen molar-refractivity contribution in [2.75, 3.05) is 11.9 Å². The fourth-order valence-electron chi connectivity index (χ4n) is 3.67. The fraction of sp³-hybridized carbons (Fsp3) is 0.273. The van der Waals surface area contributed by atoms with E-state index in [0.29, 0.717) is 29.3 Å². The second-order valence-electron chi connectivity index (χ2n) is 7.63. The Bertz CT molecular complexity index is 1140. The largest absolute Gasteiger partial charge is 0.485 e. The first-order chi connectivity index (χ1) is 14.8. The molecule has 0 unspecified atom stereocenters. The van der Waals surface area contributed by atoms with Crippen LogP contribution < -0.4 is 14.8 Å². The summed E-state index contributed by atoms with van der Waals surface area (Å²) in [6.07, 6.45) is 2.94. The van der Waals surface area contributed by atoms with E-state index >= 15 is 0 Å². The summed E-state index contributed by atoms with van der Waals surface area (Å²) in [5.41, 5.74) is 0.331. The van der Waals surface area contributed by atoms with Crippen molar-refractivity contribution >= 4 is 11.7 Å². The van der Waals surface area contributed by atoms with Crippen LogP contribution in [-0.2, 0) is 10.2 Å². The minimum Gasteiger partial charge on any atom is -0.485 e. The number of nitrogens with one attached hydrogen (secondary N) is 1. The zero-order chi connectivity index (χ0) is 22.2. The molecule has 0 saturated heterocycles. The summed E-state index contributed by atoms with van der Waals surface area (Å²) in [5, 5.41) is 12.7. The highest BCUT2D eigenvalue weighted by atomic mass is 19.1. The third-order valence-corrected chi connectivity index (χ3v) is 5.60. The number of ether oxygens (including phenoxy) is 1. The van der Waals surface area contributed by atoms with Crippen molar-refractivity contribution in [1.82, 2.24) is 9.97 Å². The molecule has 0 aliphatic heterocycles. The van der Waals surface area contributed by atoms with Crippen LogP contribution in [0.2, 0.25) is 0 Å². The van der Waals surface area contributed by atoms with Crippen LogP contribution in [0, 0.1) is 31.4 Å². The van der Waals surface area contributed by atoms with E-state index in [0.717, 1.165) is 10.9 Å². The summed E-state index contributed by atoms with van der Waals surface area (Å²) in [4.78, 5) is 20.8. The summed E-state index contributed by atoms with van der Waals surface area (Å²) >= 11 is 0. The highest BCUT2D eigenvalue weighted by Gasteiger charge is 2.60. The van der Waals surface area contributed by atoms with E-state index in [1.807, 2.05) is 0 Å².